The zero-order valence-electron chi connectivity index (χ0n) is 18.5. The molecule has 8 heteroatoms. The molecule has 2 N–H and O–H groups in total. The van der Waals surface area contributed by atoms with Crippen LogP contribution in [-0.2, 0) is 6.54 Å². The van der Waals surface area contributed by atoms with E-state index in [1.165, 1.54) is 29.8 Å². The number of rotatable bonds is 6. The summed E-state index contributed by atoms with van der Waals surface area (Å²) in [5.74, 6) is 0.311. The monoisotopic (exact) mass is 456 g/mol. The van der Waals surface area contributed by atoms with Gasteiger partial charge < -0.3 is 15.1 Å². The van der Waals surface area contributed by atoms with Crippen molar-refractivity contribution in [3.63, 3.8) is 0 Å². The van der Waals surface area contributed by atoms with Crippen molar-refractivity contribution in [1.29, 1.82) is 0 Å². The van der Waals surface area contributed by atoms with Crippen LogP contribution in [0.4, 0.5) is 11.4 Å². The Morgan fingerprint density at radius 2 is 1.79 bits per heavy atom. The van der Waals surface area contributed by atoms with Crippen LogP contribution in [0.2, 0.25) is 0 Å². The summed E-state index contributed by atoms with van der Waals surface area (Å²) >= 11 is 0. The van der Waals surface area contributed by atoms with Gasteiger partial charge in [-0.3, -0.25) is 19.8 Å². The molecule has 1 fully saturated rings. The van der Waals surface area contributed by atoms with Crippen LogP contribution in [-0.4, -0.2) is 41.9 Å². The second-order valence-electron chi connectivity index (χ2n) is 8.31. The summed E-state index contributed by atoms with van der Waals surface area (Å²) in [5.41, 5.74) is 3.67. The second kappa shape index (κ2) is 9.46. The summed E-state index contributed by atoms with van der Waals surface area (Å²) in [6.07, 6.45) is 0. The molecule has 1 saturated heterocycles. The Bertz CT molecular complexity index is 1340. The highest BCUT2D eigenvalue weighted by Gasteiger charge is 2.16. The number of carbonyl (C=O) groups is 1. The molecule has 4 aromatic rings. The Morgan fingerprint density at radius 1 is 1.03 bits per heavy atom. The average Bonchev–Trinajstić information content (AvgIpc) is 3.28. The first-order chi connectivity index (χ1) is 16.6. The van der Waals surface area contributed by atoms with Crippen molar-refractivity contribution in [3.05, 3.63) is 94.0 Å². The van der Waals surface area contributed by atoms with Crippen LogP contribution in [0.1, 0.15) is 15.9 Å². The summed E-state index contributed by atoms with van der Waals surface area (Å²) in [7, 11) is 0. The van der Waals surface area contributed by atoms with Crippen LogP contribution >= 0.6 is 0 Å². The molecule has 0 spiro atoms. The van der Waals surface area contributed by atoms with Crippen molar-refractivity contribution in [2.75, 3.05) is 31.5 Å². The molecule has 0 unspecified atom stereocenters. The summed E-state index contributed by atoms with van der Waals surface area (Å²) in [6, 6.07) is 21.2. The summed E-state index contributed by atoms with van der Waals surface area (Å²) in [5, 5.41) is 18.1. The molecule has 172 valence electrons. The number of carbonyl (C=O) groups excluding carboxylic acids is 1. The molecular weight excluding hydrogens is 432 g/mol. The van der Waals surface area contributed by atoms with Gasteiger partial charge in [-0.25, -0.2) is 0 Å². The number of nitrogens with one attached hydrogen (secondary N) is 2. The van der Waals surface area contributed by atoms with Gasteiger partial charge in [0.25, 0.3) is 11.6 Å². The molecule has 1 amide bonds. The predicted octanol–water partition coefficient (Wildman–Crippen LogP) is 4.67. The second-order valence-corrected chi connectivity index (χ2v) is 8.31. The van der Waals surface area contributed by atoms with E-state index in [4.69, 9.17) is 4.42 Å². The molecule has 34 heavy (non-hydrogen) atoms. The maximum atomic E-state index is 12.8. The van der Waals surface area contributed by atoms with Gasteiger partial charge in [-0.15, -0.1) is 0 Å². The number of hydrogen-bond donors (Lipinski definition) is 2. The van der Waals surface area contributed by atoms with Gasteiger partial charge in [0.15, 0.2) is 0 Å². The van der Waals surface area contributed by atoms with Crippen LogP contribution < -0.4 is 10.6 Å². The Balaban J connectivity index is 1.38. The van der Waals surface area contributed by atoms with Crippen LogP contribution in [0, 0.1) is 10.1 Å². The molecular formula is C26H24N4O4. The molecule has 8 nitrogen and oxygen atoms in total. The van der Waals surface area contributed by atoms with Crippen LogP contribution in [0.3, 0.4) is 0 Å². The number of piperazine rings is 1. The Labute approximate surface area is 196 Å². The van der Waals surface area contributed by atoms with Gasteiger partial charge in [0.2, 0.25) is 0 Å². The molecule has 1 aliphatic heterocycles. The molecule has 3 aromatic carbocycles. The third-order valence-electron chi connectivity index (χ3n) is 5.98. The van der Waals surface area contributed by atoms with E-state index in [2.05, 4.69) is 27.7 Å². The molecule has 1 aromatic heterocycles. The average molecular weight is 457 g/mol. The van der Waals surface area contributed by atoms with Crippen molar-refractivity contribution >= 4 is 28.3 Å². The number of non-ortho nitro benzene ring substituents is 1. The Morgan fingerprint density at radius 3 is 2.56 bits per heavy atom. The first kappa shape index (κ1) is 21.8. The first-order valence-electron chi connectivity index (χ1n) is 11.2. The van der Waals surface area contributed by atoms with E-state index in [1.807, 2.05) is 36.4 Å². The smallest absolute Gasteiger partial charge is 0.269 e. The number of nitro benzene ring substituents is 1. The fourth-order valence-corrected chi connectivity index (χ4v) is 4.19. The minimum absolute atomic E-state index is 0.0597. The molecule has 2 heterocycles. The van der Waals surface area contributed by atoms with Crippen molar-refractivity contribution < 1.29 is 14.1 Å². The molecule has 5 rings (SSSR count). The van der Waals surface area contributed by atoms with Crippen molar-refractivity contribution in [1.82, 2.24) is 10.2 Å². The zero-order chi connectivity index (χ0) is 23.5. The number of nitro groups is 1. The van der Waals surface area contributed by atoms with Gasteiger partial charge >= 0.3 is 0 Å². The number of benzene rings is 3. The van der Waals surface area contributed by atoms with Crippen LogP contribution in [0.5, 0.6) is 0 Å². The van der Waals surface area contributed by atoms with Crippen molar-refractivity contribution in [2.24, 2.45) is 0 Å². The quantitative estimate of drug-likeness (QED) is 0.323. The van der Waals surface area contributed by atoms with Crippen LogP contribution in [0.15, 0.2) is 77.2 Å². The topological polar surface area (TPSA) is 101 Å². The molecule has 1 aliphatic rings. The number of nitrogens with zero attached hydrogens (tertiary/aromatic N) is 2. The largest absolute Gasteiger partial charge is 0.456 e. The summed E-state index contributed by atoms with van der Waals surface area (Å²) in [6.45, 7) is 5.01. The predicted molar refractivity (Wildman–Crippen MR) is 131 cm³/mol. The van der Waals surface area contributed by atoms with Crippen molar-refractivity contribution in [2.45, 2.75) is 6.54 Å². The number of anilines is 1. The van der Waals surface area contributed by atoms with Gasteiger partial charge in [-0.05, 0) is 48.0 Å². The molecule has 0 bridgehead atoms. The lowest BCUT2D eigenvalue weighted by molar-refractivity contribution is -0.384. The number of fused-ring (bicyclic) bond motifs is 1. The highest BCUT2D eigenvalue weighted by molar-refractivity contribution is 6.06. The standard InChI is InChI=1S/C26H24N4O4/c31-26(19-6-8-21(9-7-19)30(32)33)28-23-4-2-1-3-22(23)25-16-20-15-18(5-10-24(20)34-25)17-29-13-11-27-12-14-29/h1-10,15-16,27H,11-14,17H2,(H,28,31). The number of para-hydroxylation sites is 1. The molecule has 0 radical (unpaired) electrons. The van der Waals surface area contributed by atoms with Gasteiger partial charge in [0, 0.05) is 61.4 Å². The SMILES string of the molecule is O=C(Nc1ccccc1-c1cc2cc(CN3CCNCC3)ccc2o1)c1ccc([N+](=O)[O-])cc1. The lowest BCUT2D eigenvalue weighted by Gasteiger charge is -2.27. The lowest BCUT2D eigenvalue weighted by atomic mass is 10.1. The van der Waals surface area contributed by atoms with E-state index >= 15 is 0 Å². The fraction of sp³-hybridized carbons (Fsp3) is 0.192. The third kappa shape index (κ3) is 4.68. The van der Waals surface area contributed by atoms with E-state index in [1.54, 1.807) is 0 Å². The maximum Gasteiger partial charge on any atom is 0.269 e. The van der Waals surface area contributed by atoms with E-state index in [0.29, 0.717) is 17.0 Å². The third-order valence-corrected chi connectivity index (χ3v) is 5.98. The van der Waals surface area contributed by atoms with Gasteiger partial charge in [-0.2, -0.15) is 0 Å². The van der Waals surface area contributed by atoms with Gasteiger partial charge in [0.05, 0.1) is 10.6 Å². The van der Waals surface area contributed by atoms with Crippen molar-refractivity contribution in [3.8, 4) is 11.3 Å². The van der Waals surface area contributed by atoms with E-state index in [-0.39, 0.29) is 11.6 Å². The summed E-state index contributed by atoms with van der Waals surface area (Å²) < 4.78 is 6.12. The first-order valence-corrected chi connectivity index (χ1v) is 11.2. The highest BCUT2D eigenvalue weighted by Crippen LogP contribution is 2.33. The van der Waals surface area contributed by atoms with Gasteiger partial charge in [-0.1, -0.05) is 18.2 Å². The molecule has 0 atom stereocenters. The molecule has 0 aliphatic carbocycles. The van der Waals surface area contributed by atoms with Gasteiger partial charge in [0.1, 0.15) is 11.3 Å². The molecule has 0 saturated carbocycles. The normalized spacial score (nSPS) is 14.2. The Hall–Kier alpha value is -4.01. The minimum Gasteiger partial charge on any atom is -0.456 e. The fourth-order valence-electron chi connectivity index (χ4n) is 4.19. The summed E-state index contributed by atoms with van der Waals surface area (Å²) in [4.78, 5) is 25.6. The van der Waals surface area contributed by atoms with Crippen LogP contribution in [0.25, 0.3) is 22.3 Å². The number of hydrogen-bond acceptors (Lipinski definition) is 6. The Kier molecular flexibility index (Phi) is 6.07. The minimum atomic E-state index is -0.492. The van der Waals surface area contributed by atoms with E-state index in [9.17, 15) is 14.9 Å². The zero-order valence-corrected chi connectivity index (χ0v) is 18.5. The number of amides is 1. The number of furan rings is 1. The van der Waals surface area contributed by atoms with E-state index < -0.39 is 4.92 Å². The highest BCUT2D eigenvalue weighted by atomic mass is 16.6. The maximum absolute atomic E-state index is 12.8. The lowest BCUT2D eigenvalue weighted by Crippen LogP contribution is -2.42. The van der Waals surface area contributed by atoms with E-state index in [0.717, 1.165) is 49.3 Å².